The number of nitrogens with zero attached hydrogens (tertiary/aromatic N) is 1. The van der Waals surface area contributed by atoms with Crippen LogP contribution in [-0.2, 0) is 0 Å². The summed E-state index contributed by atoms with van der Waals surface area (Å²) in [5.74, 6) is 2.07. The molecule has 0 aliphatic heterocycles. The first-order valence-corrected chi connectivity index (χ1v) is 10.8. The fourth-order valence-electron chi connectivity index (χ4n) is 2.88. The highest BCUT2D eigenvalue weighted by Gasteiger charge is 2.12. The number of ether oxygens (including phenoxy) is 3. The van der Waals surface area contributed by atoms with Crippen LogP contribution in [-0.4, -0.2) is 31.7 Å². The summed E-state index contributed by atoms with van der Waals surface area (Å²) in [6.45, 7) is 4.72. The Morgan fingerprint density at radius 2 is 2.00 bits per heavy atom. The Bertz CT molecular complexity index is 1050. The predicted octanol–water partition coefficient (Wildman–Crippen LogP) is 5.62. The van der Waals surface area contributed by atoms with Crippen LogP contribution < -0.4 is 19.5 Å². The second-order valence-electron chi connectivity index (χ2n) is 7.20. The number of carbonyl (C=O) groups excluding carboxylic acids is 1. The van der Waals surface area contributed by atoms with Gasteiger partial charge in [0.1, 0.15) is 5.75 Å². The molecule has 0 radical (unpaired) electrons. The average molecular weight is 439 g/mol. The van der Waals surface area contributed by atoms with Crippen molar-refractivity contribution in [1.82, 2.24) is 4.98 Å². The van der Waals surface area contributed by atoms with Crippen LogP contribution in [0.4, 0.5) is 5.13 Å². The van der Waals surface area contributed by atoms with Gasteiger partial charge in [0.15, 0.2) is 16.6 Å². The van der Waals surface area contributed by atoms with Crippen molar-refractivity contribution in [2.24, 2.45) is 5.92 Å². The van der Waals surface area contributed by atoms with Gasteiger partial charge in [0.2, 0.25) is 0 Å². The summed E-state index contributed by atoms with van der Waals surface area (Å²) in [5, 5.41) is 5.18. The Morgan fingerprint density at radius 3 is 2.68 bits per heavy atom. The molecule has 7 heteroatoms. The summed E-state index contributed by atoms with van der Waals surface area (Å²) in [6.07, 6.45) is 5.49. The third kappa shape index (κ3) is 6.08. The topological polar surface area (TPSA) is 69.7 Å². The second-order valence-corrected chi connectivity index (χ2v) is 8.10. The van der Waals surface area contributed by atoms with E-state index in [2.05, 4.69) is 24.1 Å². The highest BCUT2D eigenvalue weighted by molar-refractivity contribution is 7.13. The van der Waals surface area contributed by atoms with Crippen LogP contribution in [0.3, 0.4) is 0 Å². The molecule has 0 spiro atoms. The first-order valence-electron chi connectivity index (χ1n) is 9.88. The maximum Gasteiger partial charge on any atom is 0.257 e. The van der Waals surface area contributed by atoms with E-state index < -0.39 is 0 Å². The van der Waals surface area contributed by atoms with Crippen molar-refractivity contribution in [3.05, 3.63) is 64.7 Å². The van der Waals surface area contributed by atoms with Crippen molar-refractivity contribution in [3.8, 4) is 17.2 Å². The molecule has 0 aliphatic rings. The largest absolute Gasteiger partial charge is 0.493 e. The van der Waals surface area contributed by atoms with E-state index in [1.807, 2.05) is 47.9 Å². The van der Waals surface area contributed by atoms with Gasteiger partial charge in [-0.05, 0) is 35.7 Å². The van der Waals surface area contributed by atoms with Crippen molar-refractivity contribution >= 4 is 34.5 Å². The number of thiazole rings is 1. The summed E-state index contributed by atoms with van der Waals surface area (Å²) in [4.78, 5) is 16.9. The molecule has 0 bridgehead atoms. The molecule has 0 saturated heterocycles. The van der Waals surface area contributed by atoms with Crippen molar-refractivity contribution in [3.63, 3.8) is 0 Å². The van der Waals surface area contributed by atoms with Crippen LogP contribution in [0.5, 0.6) is 17.2 Å². The molecule has 1 amide bonds. The SMILES string of the molecule is COc1cccc(C=Cc2cc(OCC(C)C)cc(C(=O)Nc3nccs3)c2)c1OC. The van der Waals surface area contributed by atoms with Gasteiger partial charge in [0.05, 0.1) is 20.8 Å². The van der Waals surface area contributed by atoms with E-state index in [0.717, 1.165) is 11.1 Å². The molecule has 3 rings (SSSR count). The molecule has 2 aromatic carbocycles. The lowest BCUT2D eigenvalue weighted by atomic mass is 10.1. The summed E-state index contributed by atoms with van der Waals surface area (Å²) in [5.41, 5.74) is 2.19. The molecule has 3 aromatic rings. The zero-order chi connectivity index (χ0) is 22.2. The monoisotopic (exact) mass is 438 g/mol. The number of hydrogen-bond donors (Lipinski definition) is 1. The third-order valence-corrected chi connectivity index (χ3v) is 5.00. The Balaban J connectivity index is 1.92. The van der Waals surface area contributed by atoms with Crippen molar-refractivity contribution in [2.75, 3.05) is 26.1 Å². The van der Waals surface area contributed by atoms with Gasteiger partial charge in [0.25, 0.3) is 5.91 Å². The molecule has 1 aromatic heterocycles. The fourth-order valence-corrected chi connectivity index (χ4v) is 3.40. The standard InChI is InChI=1S/C24H26N2O4S/c1-16(2)15-30-20-13-17(8-9-18-6-5-7-21(28-3)22(18)29-4)12-19(14-20)23(27)26-24-25-10-11-31-24/h5-14,16H,15H2,1-4H3,(H,25,26,27). The second kappa shape index (κ2) is 10.6. The molecular weight excluding hydrogens is 412 g/mol. The molecular formula is C24H26N2O4S. The Labute approximate surface area is 186 Å². The van der Waals surface area contributed by atoms with Gasteiger partial charge in [0, 0.05) is 22.7 Å². The van der Waals surface area contributed by atoms with Gasteiger partial charge in [-0.2, -0.15) is 0 Å². The lowest BCUT2D eigenvalue weighted by Crippen LogP contribution is -2.12. The Morgan fingerprint density at radius 1 is 1.16 bits per heavy atom. The molecule has 0 atom stereocenters. The van der Waals surface area contributed by atoms with Gasteiger partial charge < -0.3 is 14.2 Å². The van der Waals surface area contributed by atoms with E-state index in [1.165, 1.54) is 11.3 Å². The molecule has 1 heterocycles. The van der Waals surface area contributed by atoms with Crippen LogP contribution in [0.2, 0.25) is 0 Å². The number of anilines is 1. The molecule has 162 valence electrons. The molecule has 6 nitrogen and oxygen atoms in total. The summed E-state index contributed by atoms with van der Waals surface area (Å²) >= 11 is 1.37. The van der Waals surface area contributed by atoms with Gasteiger partial charge in [-0.25, -0.2) is 4.98 Å². The minimum atomic E-state index is -0.237. The van der Waals surface area contributed by atoms with Crippen LogP contribution in [0.1, 0.15) is 35.3 Å². The van der Waals surface area contributed by atoms with E-state index in [4.69, 9.17) is 14.2 Å². The quantitative estimate of drug-likeness (QED) is 0.439. The normalized spacial score (nSPS) is 11.0. The molecule has 31 heavy (non-hydrogen) atoms. The Kier molecular flexibility index (Phi) is 7.67. The fraction of sp³-hybridized carbons (Fsp3) is 0.250. The van der Waals surface area contributed by atoms with Crippen LogP contribution in [0, 0.1) is 5.92 Å². The molecule has 0 saturated carbocycles. The lowest BCUT2D eigenvalue weighted by molar-refractivity contribution is 0.102. The molecule has 0 fully saturated rings. The number of aromatic nitrogens is 1. The van der Waals surface area contributed by atoms with E-state index in [-0.39, 0.29) is 5.91 Å². The summed E-state index contributed by atoms with van der Waals surface area (Å²) in [6, 6.07) is 11.1. The van der Waals surface area contributed by atoms with Crippen molar-refractivity contribution in [1.29, 1.82) is 0 Å². The van der Waals surface area contributed by atoms with E-state index in [1.54, 1.807) is 26.5 Å². The van der Waals surface area contributed by atoms with Crippen LogP contribution >= 0.6 is 11.3 Å². The predicted molar refractivity (Wildman–Crippen MR) is 125 cm³/mol. The first-order chi connectivity index (χ1) is 15.0. The van der Waals surface area contributed by atoms with Crippen LogP contribution in [0.15, 0.2) is 48.0 Å². The smallest absolute Gasteiger partial charge is 0.257 e. The first kappa shape index (κ1) is 22.4. The van der Waals surface area contributed by atoms with Gasteiger partial charge in [-0.3, -0.25) is 10.1 Å². The Hall–Kier alpha value is -3.32. The third-order valence-electron chi connectivity index (χ3n) is 4.32. The van der Waals surface area contributed by atoms with Crippen molar-refractivity contribution in [2.45, 2.75) is 13.8 Å². The highest BCUT2D eigenvalue weighted by atomic mass is 32.1. The zero-order valence-electron chi connectivity index (χ0n) is 18.0. The van der Waals surface area contributed by atoms with E-state index in [0.29, 0.717) is 40.5 Å². The number of para-hydroxylation sites is 1. The van der Waals surface area contributed by atoms with Crippen LogP contribution in [0.25, 0.3) is 12.2 Å². The highest BCUT2D eigenvalue weighted by Crippen LogP contribution is 2.32. The summed E-state index contributed by atoms with van der Waals surface area (Å²) in [7, 11) is 3.21. The number of benzene rings is 2. The number of amides is 1. The number of rotatable bonds is 9. The van der Waals surface area contributed by atoms with E-state index in [9.17, 15) is 4.79 Å². The molecule has 0 unspecified atom stereocenters. The molecule has 0 aliphatic carbocycles. The minimum Gasteiger partial charge on any atom is -0.493 e. The van der Waals surface area contributed by atoms with Crippen molar-refractivity contribution < 1.29 is 19.0 Å². The average Bonchev–Trinajstić information content (AvgIpc) is 3.28. The summed E-state index contributed by atoms with van der Waals surface area (Å²) < 4.78 is 16.8. The maximum absolute atomic E-state index is 12.8. The maximum atomic E-state index is 12.8. The number of carbonyl (C=O) groups is 1. The van der Waals surface area contributed by atoms with Gasteiger partial charge in [-0.15, -0.1) is 11.3 Å². The van der Waals surface area contributed by atoms with Gasteiger partial charge in [-0.1, -0.05) is 38.1 Å². The minimum absolute atomic E-state index is 0.237. The van der Waals surface area contributed by atoms with Gasteiger partial charge >= 0.3 is 0 Å². The van der Waals surface area contributed by atoms with E-state index >= 15 is 0 Å². The number of methoxy groups -OCH3 is 2. The number of hydrogen-bond acceptors (Lipinski definition) is 6. The molecule has 1 N–H and O–H groups in total. The zero-order valence-corrected chi connectivity index (χ0v) is 18.9. The number of nitrogens with one attached hydrogen (secondary N) is 1. The lowest BCUT2D eigenvalue weighted by Gasteiger charge is -2.12.